The summed E-state index contributed by atoms with van der Waals surface area (Å²) >= 11 is 0. The van der Waals surface area contributed by atoms with E-state index in [2.05, 4.69) is 24.0 Å². The van der Waals surface area contributed by atoms with E-state index < -0.39 is 0 Å². The highest BCUT2D eigenvalue weighted by Crippen LogP contribution is 2.47. The van der Waals surface area contributed by atoms with Crippen LogP contribution >= 0.6 is 0 Å². The van der Waals surface area contributed by atoms with Crippen molar-refractivity contribution < 1.29 is 13.9 Å². The minimum atomic E-state index is -0.335. The van der Waals surface area contributed by atoms with E-state index in [1.54, 1.807) is 0 Å². The van der Waals surface area contributed by atoms with Crippen LogP contribution in [0.1, 0.15) is 43.6 Å². The molecule has 0 amide bonds. The molecule has 3 heterocycles. The number of hydrogen-bond acceptors (Lipinski definition) is 4. The van der Waals surface area contributed by atoms with E-state index in [-0.39, 0.29) is 5.79 Å². The van der Waals surface area contributed by atoms with Crippen LogP contribution in [0.4, 0.5) is 0 Å². The molecule has 0 aromatic carbocycles. The lowest BCUT2D eigenvalue weighted by molar-refractivity contribution is -0.190. The first-order chi connectivity index (χ1) is 9.74. The van der Waals surface area contributed by atoms with Crippen molar-refractivity contribution in [2.75, 3.05) is 26.3 Å². The highest BCUT2D eigenvalue weighted by atomic mass is 16.7. The third kappa shape index (κ3) is 2.41. The monoisotopic (exact) mass is 277 g/mol. The van der Waals surface area contributed by atoms with Gasteiger partial charge in [-0.2, -0.15) is 0 Å². The van der Waals surface area contributed by atoms with Gasteiger partial charge in [-0.1, -0.05) is 6.92 Å². The normalized spacial score (nSPS) is 32.9. The molecule has 3 fully saturated rings. The zero-order chi connectivity index (χ0) is 13.6. The molecule has 0 unspecified atom stereocenters. The quantitative estimate of drug-likeness (QED) is 0.851. The molecule has 1 saturated carbocycles. The second-order valence-corrected chi connectivity index (χ2v) is 6.55. The first kappa shape index (κ1) is 12.9. The van der Waals surface area contributed by atoms with Crippen molar-refractivity contribution in [2.24, 2.45) is 5.92 Å². The highest BCUT2D eigenvalue weighted by molar-refractivity contribution is 5.17. The first-order valence-corrected chi connectivity index (χ1v) is 7.83. The van der Waals surface area contributed by atoms with Gasteiger partial charge >= 0.3 is 0 Å². The maximum atomic E-state index is 6.01. The zero-order valence-corrected chi connectivity index (χ0v) is 12.1. The average molecular weight is 277 g/mol. The fourth-order valence-corrected chi connectivity index (χ4v) is 3.56. The molecule has 2 atom stereocenters. The number of nitrogens with zero attached hydrogens (tertiary/aromatic N) is 1. The molecule has 1 aromatic heterocycles. The van der Waals surface area contributed by atoms with Crippen LogP contribution in [-0.2, 0) is 16.0 Å². The third-order valence-corrected chi connectivity index (χ3v) is 4.85. The van der Waals surface area contributed by atoms with Crippen molar-refractivity contribution >= 4 is 0 Å². The van der Waals surface area contributed by atoms with Gasteiger partial charge in [0, 0.05) is 12.3 Å². The van der Waals surface area contributed by atoms with E-state index in [9.17, 15) is 0 Å². The van der Waals surface area contributed by atoms with Gasteiger partial charge in [-0.3, -0.25) is 4.90 Å². The number of rotatable bonds is 3. The van der Waals surface area contributed by atoms with Crippen molar-refractivity contribution in [1.29, 1.82) is 0 Å². The summed E-state index contributed by atoms with van der Waals surface area (Å²) in [6, 6.07) is 4.30. The molecule has 4 rings (SSSR count). The molecule has 20 heavy (non-hydrogen) atoms. The van der Waals surface area contributed by atoms with Gasteiger partial charge in [0.25, 0.3) is 0 Å². The second kappa shape index (κ2) is 4.86. The fourth-order valence-electron chi connectivity index (χ4n) is 3.56. The van der Waals surface area contributed by atoms with E-state index in [0.29, 0.717) is 5.92 Å². The van der Waals surface area contributed by atoms with E-state index >= 15 is 0 Å². The molecule has 110 valence electrons. The van der Waals surface area contributed by atoms with Crippen LogP contribution in [0.3, 0.4) is 0 Å². The Bertz CT molecular complexity index is 478. The summed E-state index contributed by atoms with van der Waals surface area (Å²) in [4.78, 5) is 2.40. The molecular weight excluding hydrogens is 254 g/mol. The summed E-state index contributed by atoms with van der Waals surface area (Å²) in [6.07, 6.45) is 3.43. The van der Waals surface area contributed by atoms with Gasteiger partial charge in [0.15, 0.2) is 5.79 Å². The first-order valence-electron chi connectivity index (χ1n) is 7.83. The smallest absolute Gasteiger partial charge is 0.181 e. The molecule has 2 aliphatic heterocycles. The Morgan fingerprint density at radius 3 is 2.85 bits per heavy atom. The van der Waals surface area contributed by atoms with Crippen LogP contribution in [0.15, 0.2) is 16.5 Å². The lowest BCUT2D eigenvalue weighted by Crippen LogP contribution is -2.48. The summed E-state index contributed by atoms with van der Waals surface area (Å²) in [5, 5.41) is 0. The lowest BCUT2D eigenvalue weighted by atomic mass is 10.0. The average Bonchev–Trinajstić information content (AvgIpc) is 2.85. The van der Waals surface area contributed by atoms with Crippen molar-refractivity contribution in [3.8, 4) is 0 Å². The van der Waals surface area contributed by atoms with E-state index in [1.807, 2.05) is 0 Å². The van der Waals surface area contributed by atoms with E-state index in [0.717, 1.165) is 57.4 Å². The summed E-state index contributed by atoms with van der Waals surface area (Å²) in [5.74, 6) is 3.38. The molecule has 4 heteroatoms. The van der Waals surface area contributed by atoms with Gasteiger partial charge < -0.3 is 13.9 Å². The Morgan fingerprint density at radius 2 is 2.10 bits per heavy atom. The molecule has 0 N–H and O–H groups in total. The van der Waals surface area contributed by atoms with Crippen LogP contribution in [0, 0.1) is 5.92 Å². The Labute approximate surface area is 120 Å². The predicted molar refractivity (Wildman–Crippen MR) is 74.4 cm³/mol. The van der Waals surface area contributed by atoms with Crippen molar-refractivity contribution in [3.05, 3.63) is 23.7 Å². The number of furan rings is 1. The molecule has 0 radical (unpaired) electrons. The summed E-state index contributed by atoms with van der Waals surface area (Å²) in [7, 11) is 0. The summed E-state index contributed by atoms with van der Waals surface area (Å²) in [6.45, 7) is 6.59. The third-order valence-electron chi connectivity index (χ3n) is 4.85. The zero-order valence-electron chi connectivity index (χ0n) is 12.1. The number of piperidine rings is 1. The number of likely N-dealkylation sites (tertiary alicyclic amines) is 1. The van der Waals surface area contributed by atoms with Crippen molar-refractivity contribution in [1.82, 2.24) is 4.90 Å². The fraction of sp³-hybridized carbons (Fsp3) is 0.750. The maximum absolute atomic E-state index is 6.01. The highest BCUT2D eigenvalue weighted by Gasteiger charge is 2.41. The summed E-state index contributed by atoms with van der Waals surface area (Å²) < 4.78 is 17.7. The number of hydrogen-bond donors (Lipinski definition) is 0. The van der Waals surface area contributed by atoms with E-state index in [4.69, 9.17) is 13.9 Å². The molecule has 2 saturated heterocycles. The van der Waals surface area contributed by atoms with Gasteiger partial charge in [-0.05, 0) is 37.4 Å². The lowest BCUT2D eigenvalue weighted by Gasteiger charge is -2.38. The summed E-state index contributed by atoms with van der Waals surface area (Å²) in [5.41, 5.74) is 0. The van der Waals surface area contributed by atoms with Gasteiger partial charge in [-0.15, -0.1) is 0 Å². The van der Waals surface area contributed by atoms with Crippen LogP contribution in [-0.4, -0.2) is 37.0 Å². The Balaban J connectivity index is 1.39. The topological polar surface area (TPSA) is 34.8 Å². The molecule has 4 nitrogen and oxygen atoms in total. The Morgan fingerprint density at radius 1 is 1.30 bits per heavy atom. The maximum Gasteiger partial charge on any atom is 0.181 e. The van der Waals surface area contributed by atoms with Crippen LogP contribution in [0.25, 0.3) is 0 Å². The van der Waals surface area contributed by atoms with Gasteiger partial charge in [-0.25, -0.2) is 0 Å². The van der Waals surface area contributed by atoms with Gasteiger partial charge in [0.2, 0.25) is 0 Å². The standard InChI is InChI=1S/C16H23NO3/c1-12-9-14(12)15-4-3-13(20-15)10-17-6-2-5-16(11-17)18-7-8-19-16/h3-4,12,14H,2,5-11H2,1H3/t12-,14+/m0/s1. The van der Waals surface area contributed by atoms with Gasteiger partial charge in [0.05, 0.1) is 26.3 Å². The molecular formula is C16H23NO3. The molecule has 0 bridgehead atoms. The molecule has 1 aliphatic carbocycles. The SMILES string of the molecule is C[C@H]1C[C@H]1c1ccc(CN2CCCC3(C2)OCCO3)o1. The number of ether oxygens (including phenoxy) is 2. The van der Waals surface area contributed by atoms with E-state index in [1.165, 1.54) is 12.2 Å². The Kier molecular flexibility index (Phi) is 3.13. The predicted octanol–water partition coefficient (Wildman–Crippen LogP) is 2.74. The van der Waals surface area contributed by atoms with Crippen molar-refractivity contribution in [3.63, 3.8) is 0 Å². The van der Waals surface area contributed by atoms with Crippen LogP contribution in [0.2, 0.25) is 0 Å². The van der Waals surface area contributed by atoms with Gasteiger partial charge in [0.1, 0.15) is 11.5 Å². The minimum Gasteiger partial charge on any atom is -0.464 e. The molecule has 3 aliphatic rings. The van der Waals surface area contributed by atoms with Crippen molar-refractivity contribution in [2.45, 2.75) is 44.4 Å². The second-order valence-electron chi connectivity index (χ2n) is 6.55. The van der Waals surface area contributed by atoms with Crippen LogP contribution < -0.4 is 0 Å². The largest absolute Gasteiger partial charge is 0.464 e. The molecule has 1 spiro atoms. The molecule has 1 aromatic rings. The van der Waals surface area contributed by atoms with Crippen LogP contribution in [0.5, 0.6) is 0 Å². The Hall–Kier alpha value is -0.840. The minimum absolute atomic E-state index is 0.335.